The van der Waals surface area contributed by atoms with Crippen molar-refractivity contribution in [1.82, 2.24) is 0 Å². The van der Waals surface area contributed by atoms with E-state index in [-0.39, 0.29) is 10.6 Å². The first-order chi connectivity index (χ1) is 13.4. The number of sulfonamides is 1. The number of hydrogen-bond donors (Lipinski definition) is 1. The van der Waals surface area contributed by atoms with Crippen LogP contribution in [0.25, 0.3) is 0 Å². The van der Waals surface area contributed by atoms with Crippen LogP contribution in [0.4, 0.5) is 11.4 Å². The molecular formula is C20H24N2O5S. The molecule has 0 radical (unpaired) electrons. The van der Waals surface area contributed by atoms with Gasteiger partial charge < -0.3 is 4.74 Å². The minimum absolute atomic E-state index is 0.0362. The number of anilines is 1. The number of hydrogen-bond acceptors (Lipinski definition) is 5. The maximum Gasteiger partial charge on any atom is 0.269 e. The van der Waals surface area contributed by atoms with E-state index in [1.54, 1.807) is 24.3 Å². The van der Waals surface area contributed by atoms with Gasteiger partial charge in [0.25, 0.3) is 15.7 Å². The van der Waals surface area contributed by atoms with Crippen molar-refractivity contribution in [3.05, 3.63) is 58.6 Å². The molecular weight excluding hydrogens is 380 g/mol. The van der Waals surface area contributed by atoms with Crippen molar-refractivity contribution < 1.29 is 18.1 Å². The summed E-state index contributed by atoms with van der Waals surface area (Å²) in [6.45, 7) is 0.665. The summed E-state index contributed by atoms with van der Waals surface area (Å²) in [6, 6.07) is 11.5. The molecule has 1 aliphatic rings. The summed E-state index contributed by atoms with van der Waals surface area (Å²) in [5, 5.41) is 10.7. The van der Waals surface area contributed by atoms with Gasteiger partial charge in [0, 0.05) is 17.8 Å². The van der Waals surface area contributed by atoms with E-state index in [0.717, 1.165) is 24.5 Å². The molecule has 8 heteroatoms. The van der Waals surface area contributed by atoms with Crippen molar-refractivity contribution >= 4 is 21.4 Å². The fourth-order valence-electron chi connectivity index (χ4n) is 3.40. The largest absolute Gasteiger partial charge is 0.494 e. The van der Waals surface area contributed by atoms with Crippen LogP contribution in [0.5, 0.6) is 5.75 Å². The Balaban J connectivity index is 1.54. The maximum atomic E-state index is 12.4. The highest BCUT2D eigenvalue weighted by atomic mass is 32.2. The van der Waals surface area contributed by atoms with Gasteiger partial charge >= 0.3 is 0 Å². The quantitative estimate of drug-likeness (QED) is 0.506. The van der Waals surface area contributed by atoms with Gasteiger partial charge in [0.05, 0.1) is 16.4 Å². The molecule has 28 heavy (non-hydrogen) atoms. The Morgan fingerprint density at radius 3 is 2.25 bits per heavy atom. The van der Waals surface area contributed by atoms with Crippen molar-refractivity contribution in [2.45, 2.75) is 43.4 Å². The molecule has 1 N–H and O–H groups in total. The van der Waals surface area contributed by atoms with Gasteiger partial charge in [-0.2, -0.15) is 0 Å². The summed E-state index contributed by atoms with van der Waals surface area (Å²) in [5.41, 5.74) is 0.242. The Bertz CT molecular complexity index is 889. The normalized spacial score (nSPS) is 15.1. The zero-order valence-corrected chi connectivity index (χ0v) is 16.4. The van der Waals surface area contributed by atoms with E-state index in [2.05, 4.69) is 4.72 Å². The molecule has 2 aromatic rings. The lowest BCUT2D eigenvalue weighted by molar-refractivity contribution is -0.384. The molecule has 1 saturated carbocycles. The second-order valence-electron chi connectivity index (χ2n) is 7.02. The van der Waals surface area contributed by atoms with Crippen LogP contribution >= 0.6 is 0 Å². The lowest BCUT2D eigenvalue weighted by atomic mass is 9.87. The summed E-state index contributed by atoms with van der Waals surface area (Å²) in [5.74, 6) is 1.45. The van der Waals surface area contributed by atoms with Gasteiger partial charge in [0.1, 0.15) is 5.75 Å². The molecule has 2 aromatic carbocycles. The Hall–Kier alpha value is -2.61. The Morgan fingerprint density at radius 1 is 1.00 bits per heavy atom. The van der Waals surface area contributed by atoms with E-state index in [1.165, 1.54) is 44.2 Å². The van der Waals surface area contributed by atoms with E-state index in [0.29, 0.717) is 18.0 Å². The van der Waals surface area contributed by atoms with Gasteiger partial charge in [-0.25, -0.2) is 8.42 Å². The Morgan fingerprint density at radius 2 is 1.64 bits per heavy atom. The van der Waals surface area contributed by atoms with Crippen LogP contribution in [0, 0.1) is 16.0 Å². The maximum absolute atomic E-state index is 12.4. The lowest BCUT2D eigenvalue weighted by Crippen LogP contribution is -2.13. The smallest absolute Gasteiger partial charge is 0.269 e. The average molecular weight is 404 g/mol. The Labute approximate surface area is 164 Å². The van der Waals surface area contributed by atoms with Crippen molar-refractivity contribution in [3.63, 3.8) is 0 Å². The van der Waals surface area contributed by atoms with E-state index < -0.39 is 14.9 Å². The second-order valence-corrected chi connectivity index (χ2v) is 8.70. The first-order valence-corrected chi connectivity index (χ1v) is 10.9. The number of rotatable bonds is 8. The standard InChI is InChI=1S/C20H24N2O5S/c23-22(24)18-8-12-20(13-9-18)28(25,26)21-17-6-10-19(11-7-17)27-15-14-16-4-2-1-3-5-16/h6-13,16,21H,1-5,14-15H2. The van der Waals surface area contributed by atoms with Crippen LogP contribution in [0.2, 0.25) is 0 Å². The monoisotopic (exact) mass is 404 g/mol. The van der Waals surface area contributed by atoms with Crippen molar-refractivity contribution in [1.29, 1.82) is 0 Å². The highest BCUT2D eigenvalue weighted by Crippen LogP contribution is 2.27. The minimum Gasteiger partial charge on any atom is -0.494 e. The SMILES string of the molecule is O=[N+]([O-])c1ccc(S(=O)(=O)Nc2ccc(OCCC3CCCCC3)cc2)cc1. The van der Waals surface area contributed by atoms with Crippen LogP contribution in [-0.4, -0.2) is 19.9 Å². The fourth-order valence-corrected chi connectivity index (χ4v) is 4.46. The predicted molar refractivity (Wildman–Crippen MR) is 107 cm³/mol. The highest BCUT2D eigenvalue weighted by Gasteiger charge is 2.16. The van der Waals surface area contributed by atoms with Crippen molar-refractivity contribution in [3.8, 4) is 5.75 Å². The van der Waals surface area contributed by atoms with Crippen LogP contribution in [0.3, 0.4) is 0 Å². The van der Waals surface area contributed by atoms with Crippen molar-refractivity contribution in [2.24, 2.45) is 5.92 Å². The van der Waals surface area contributed by atoms with E-state index in [4.69, 9.17) is 4.74 Å². The molecule has 0 saturated heterocycles. The minimum atomic E-state index is -3.81. The van der Waals surface area contributed by atoms with E-state index >= 15 is 0 Å². The summed E-state index contributed by atoms with van der Waals surface area (Å²) >= 11 is 0. The number of ether oxygens (including phenoxy) is 1. The molecule has 1 fully saturated rings. The van der Waals surface area contributed by atoms with Crippen LogP contribution in [-0.2, 0) is 10.0 Å². The lowest BCUT2D eigenvalue weighted by Gasteiger charge is -2.21. The summed E-state index contributed by atoms with van der Waals surface area (Å²) < 4.78 is 33.0. The molecule has 0 amide bonds. The van der Waals surface area contributed by atoms with E-state index in [9.17, 15) is 18.5 Å². The van der Waals surface area contributed by atoms with Gasteiger partial charge in [-0.05, 0) is 48.7 Å². The van der Waals surface area contributed by atoms with Gasteiger partial charge in [-0.3, -0.25) is 14.8 Å². The molecule has 0 unspecified atom stereocenters. The highest BCUT2D eigenvalue weighted by molar-refractivity contribution is 7.92. The number of nitrogens with one attached hydrogen (secondary N) is 1. The van der Waals surface area contributed by atoms with Gasteiger partial charge in [-0.1, -0.05) is 32.1 Å². The van der Waals surface area contributed by atoms with E-state index in [1.807, 2.05) is 0 Å². The predicted octanol–water partition coefficient (Wildman–Crippen LogP) is 4.74. The molecule has 0 aromatic heterocycles. The number of non-ortho nitro benzene ring substituents is 1. The third-order valence-electron chi connectivity index (χ3n) is 4.98. The first-order valence-electron chi connectivity index (χ1n) is 9.44. The first kappa shape index (κ1) is 20.1. The summed E-state index contributed by atoms with van der Waals surface area (Å²) in [6.07, 6.45) is 7.59. The van der Waals surface area contributed by atoms with Crippen LogP contribution in [0.15, 0.2) is 53.4 Å². The molecule has 150 valence electrons. The van der Waals surface area contributed by atoms with Crippen LogP contribution < -0.4 is 9.46 Å². The second kappa shape index (κ2) is 9.05. The summed E-state index contributed by atoms with van der Waals surface area (Å²) in [4.78, 5) is 10.1. The van der Waals surface area contributed by atoms with Gasteiger partial charge in [-0.15, -0.1) is 0 Å². The van der Waals surface area contributed by atoms with Gasteiger partial charge in [0.2, 0.25) is 0 Å². The molecule has 0 aliphatic heterocycles. The van der Waals surface area contributed by atoms with Crippen LogP contribution in [0.1, 0.15) is 38.5 Å². The van der Waals surface area contributed by atoms with Gasteiger partial charge in [0.15, 0.2) is 0 Å². The molecule has 3 rings (SSSR count). The molecule has 1 aliphatic carbocycles. The fraction of sp³-hybridized carbons (Fsp3) is 0.400. The third kappa shape index (κ3) is 5.45. The number of nitro groups is 1. The zero-order chi connectivity index (χ0) is 20.0. The Kier molecular flexibility index (Phi) is 6.51. The molecule has 0 atom stereocenters. The number of benzene rings is 2. The molecule has 7 nitrogen and oxygen atoms in total. The molecule has 0 spiro atoms. The molecule has 0 heterocycles. The van der Waals surface area contributed by atoms with Crippen molar-refractivity contribution in [2.75, 3.05) is 11.3 Å². The topological polar surface area (TPSA) is 98.5 Å². The number of nitro benzene ring substituents is 1. The molecule has 0 bridgehead atoms. The number of nitrogens with zero attached hydrogens (tertiary/aromatic N) is 1. The third-order valence-corrected chi connectivity index (χ3v) is 6.38. The average Bonchev–Trinajstić information content (AvgIpc) is 2.70. The zero-order valence-electron chi connectivity index (χ0n) is 15.5. The summed E-state index contributed by atoms with van der Waals surface area (Å²) in [7, 11) is -3.81.